The van der Waals surface area contributed by atoms with E-state index in [0.717, 1.165) is 12.2 Å². The minimum atomic E-state index is -0.346. The first kappa shape index (κ1) is 15.4. The molecule has 1 aliphatic heterocycles. The molecule has 0 bridgehead atoms. The Morgan fingerprint density at radius 2 is 2.09 bits per heavy atom. The van der Waals surface area contributed by atoms with Gasteiger partial charge in [0.1, 0.15) is 6.04 Å². The Morgan fingerprint density at radius 3 is 2.77 bits per heavy atom. The van der Waals surface area contributed by atoms with Crippen LogP contribution >= 0.6 is 11.8 Å². The topological polar surface area (TPSA) is 49.4 Å². The number of nitrogens with zero attached hydrogens (tertiary/aromatic N) is 1. The van der Waals surface area contributed by atoms with Crippen molar-refractivity contribution in [1.29, 1.82) is 0 Å². The first-order valence-corrected chi connectivity index (χ1v) is 9.07. The van der Waals surface area contributed by atoms with Gasteiger partial charge in [-0.2, -0.15) is 11.8 Å². The maximum Gasteiger partial charge on any atom is 0.325 e. The number of carbonyl (C=O) groups excluding carboxylic acids is 2. The number of imide groups is 1. The predicted molar refractivity (Wildman–Crippen MR) is 89.1 cm³/mol. The van der Waals surface area contributed by atoms with Crippen LogP contribution in [0.3, 0.4) is 0 Å². The van der Waals surface area contributed by atoms with Gasteiger partial charge in [-0.25, -0.2) is 4.79 Å². The molecule has 4 nitrogen and oxygen atoms in total. The van der Waals surface area contributed by atoms with Crippen molar-refractivity contribution in [3.8, 4) is 0 Å². The molecule has 1 N–H and O–H groups in total. The van der Waals surface area contributed by atoms with Crippen LogP contribution in [0.5, 0.6) is 0 Å². The summed E-state index contributed by atoms with van der Waals surface area (Å²) in [6, 6.07) is 7.66. The highest BCUT2D eigenvalue weighted by atomic mass is 32.2. The molecule has 3 rings (SSSR count). The summed E-state index contributed by atoms with van der Waals surface area (Å²) in [5.41, 5.74) is 2.36. The van der Waals surface area contributed by atoms with Gasteiger partial charge in [0.2, 0.25) is 0 Å². The molecule has 1 aromatic rings. The number of aryl methyl sites for hydroxylation is 1. The van der Waals surface area contributed by atoms with E-state index in [1.165, 1.54) is 16.0 Å². The second kappa shape index (κ2) is 5.61. The highest BCUT2D eigenvalue weighted by molar-refractivity contribution is 7.98. The quantitative estimate of drug-likeness (QED) is 0.849. The zero-order valence-corrected chi connectivity index (χ0v) is 14.1. The summed E-state index contributed by atoms with van der Waals surface area (Å²) in [7, 11) is 0. The normalized spacial score (nSPS) is 30.6. The summed E-state index contributed by atoms with van der Waals surface area (Å²) in [5.74, 6) is 0.825. The van der Waals surface area contributed by atoms with Crippen molar-refractivity contribution in [2.24, 2.45) is 0 Å². The van der Waals surface area contributed by atoms with Gasteiger partial charge in [-0.3, -0.25) is 9.69 Å². The molecule has 2 aliphatic rings. The fourth-order valence-corrected chi connectivity index (χ4v) is 3.97. The summed E-state index contributed by atoms with van der Waals surface area (Å²) in [4.78, 5) is 26.2. The lowest BCUT2D eigenvalue weighted by Gasteiger charge is -2.19. The smallest absolute Gasteiger partial charge is 0.325 e. The fraction of sp³-hybridized carbons (Fsp3) is 0.529. The van der Waals surface area contributed by atoms with Crippen molar-refractivity contribution in [2.75, 3.05) is 12.0 Å². The maximum absolute atomic E-state index is 12.5. The van der Waals surface area contributed by atoms with E-state index in [1.54, 1.807) is 11.8 Å². The molecule has 3 atom stereocenters. The second-order valence-electron chi connectivity index (χ2n) is 6.44. The average molecular weight is 318 g/mol. The molecule has 22 heavy (non-hydrogen) atoms. The molecular weight excluding hydrogens is 296 g/mol. The molecule has 0 spiro atoms. The third-order valence-corrected chi connectivity index (χ3v) is 5.57. The predicted octanol–water partition coefficient (Wildman–Crippen LogP) is 2.70. The highest BCUT2D eigenvalue weighted by Gasteiger charge is 2.60. The zero-order valence-electron chi connectivity index (χ0n) is 13.3. The van der Waals surface area contributed by atoms with Gasteiger partial charge in [0.05, 0.1) is 6.04 Å². The molecule has 0 aromatic heterocycles. The first-order chi connectivity index (χ1) is 10.5. The molecule has 1 aliphatic carbocycles. The van der Waals surface area contributed by atoms with Gasteiger partial charge in [0.25, 0.3) is 5.91 Å². The van der Waals surface area contributed by atoms with E-state index in [9.17, 15) is 9.59 Å². The number of hydrogen-bond acceptors (Lipinski definition) is 3. The number of rotatable bonds is 5. The molecule has 0 radical (unpaired) electrons. The largest absolute Gasteiger partial charge is 0.326 e. The Balaban J connectivity index is 1.78. The number of nitrogens with one attached hydrogen (secondary N) is 1. The van der Waals surface area contributed by atoms with Crippen LogP contribution < -0.4 is 5.32 Å². The maximum atomic E-state index is 12.5. The number of amides is 3. The lowest BCUT2D eigenvalue weighted by atomic mass is 9.93. The monoisotopic (exact) mass is 318 g/mol. The number of carbonyl (C=O) groups is 2. The lowest BCUT2D eigenvalue weighted by Crippen LogP contribution is -2.37. The number of hydrogen-bond donors (Lipinski definition) is 1. The van der Waals surface area contributed by atoms with E-state index in [1.807, 2.05) is 18.4 Å². The summed E-state index contributed by atoms with van der Waals surface area (Å²) in [6.07, 6.45) is 3.57. The lowest BCUT2D eigenvalue weighted by molar-refractivity contribution is -0.128. The third-order valence-electron chi connectivity index (χ3n) is 4.93. The van der Waals surface area contributed by atoms with Crippen LogP contribution in [0, 0.1) is 6.92 Å². The standard InChI is InChI=1S/C17H22N2O2S/c1-11-6-4-5-7-12(11)17(2)10-14(17)19-15(20)13(8-9-22-3)18-16(19)21/h4-7,13-14H,8-10H2,1-3H3,(H,18,21)/t13-,14-,17-/m0/s1. The first-order valence-electron chi connectivity index (χ1n) is 7.67. The van der Waals surface area contributed by atoms with Gasteiger partial charge < -0.3 is 5.32 Å². The molecular formula is C17H22N2O2S. The molecule has 118 valence electrons. The average Bonchev–Trinajstić information content (AvgIpc) is 3.07. The van der Waals surface area contributed by atoms with Crippen LogP contribution in [-0.4, -0.2) is 40.9 Å². The number of urea groups is 1. The van der Waals surface area contributed by atoms with E-state index in [0.29, 0.717) is 6.42 Å². The van der Waals surface area contributed by atoms with E-state index < -0.39 is 0 Å². The minimum Gasteiger partial charge on any atom is -0.326 e. The van der Waals surface area contributed by atoms with E-state index >= 15 is 0 Å². The Hall–Kier alpha value is -1.49. The van der Waals surface area contributed by atoms with E-state index in [2.05, 4.69) is 31.3 Å². The van der Waals surface area contributed by atoms with Gasteiger partial charge in [-0.1, -0.05) is 31.2 Å². The highest BCUT2D eigenvalue weighted by Crippen LogP contribution is 2.52. The van der Waals surface area contributed by atoms with E-state index in [4.69, 9.17) is 0 Å². The number of thioether (sulfide) groups is 1. The molecule has 1 aromatic carbocycles. The Kier molecular flexibility index (Phi) is 3.93. The molecule has 2 fully saturated rings. The summed E-state index contributed by atoms with van der Waals surface area (Å²) in [5, 5.41) is 2.84. The summed E-state index contributed by atoms with van der Waals surface area (Å²) >= 11 is 1.69. The fourth-order valence-electron chi connectivity index (χ4n) is 3.50. The van der Waals surface area contributed by atoms with Gasteiger partial charge >= 0.3 is 6.03 Å². The second-order valence-corrected chi connectivity index (χ2v) is 7.43. The van der Waals surface area contributed by atoms with Crippen molar-refractivity contribution < 1.29 is 9.59 Å². The van der Waals surface area contributed by atoms with Crippen molar-refractivity contribution in [1.82, 2.24) is 10.2 Å². The van der Waals surface area contributed by atoms with Crippen LogP contribution in [0.1, 0.15) is 30.9 Å². The molecule has 0 unspecified atom stereocenters. The molecule has 1 saturated carbocycles. The SMILES string of the molecule is CSCC[C@@H]1NC(=O)N([C@H]2C[C@@]2(C)c2ccccc2C)C1=O. The Bertz CT molecular complexity index is 618. The summed E-state index contributed by atoms with van der Waals surface area (Å²) in [6.45, 7) is 4.24. The zero-order chi connectivity index (χ0) is 15.9. The van der Waals surface area contributed by atoms with Crippen molar-refractivity contribution in [3.05, 3.63) is 35.4 Å². The summed E-state index contributed by atoms with van der Waals surface area (Å²) < 4.78 is 0. The van der Waals surface area contributed by atoms with Crippen molar-refractivity contribution >= 4 is 23.7 Å². The molecule has 3 amide bonds. The van der Waals surface area contributed by atoms with Crippen LogP contribution in [0.4, 0.5) is 4.79 Å². The van der Waals surface area contributed by atoms with E-state index in [-0.39, 0.29) is 29.4 Å². The van der Waals surface area contributed by atoms with Crippen molar-refractivity contribution in [3.63, 3.8) is 0 Å². The minimum absolute atomic E-state index is 0.0135. The van der Waals surface area contributed by atoms with Gasteiger partial charge in [-0.15, -0.1) is 0 Å². The van der Waals surface area contributed by atoms with Crippen LogP contribution in [0.15, 0.2) is 24.3 Å². The molecule has 1 saturated heterocycles. The molecule has 1 heterocycles. The van der Waals surface area contributed by atoms with Gasteiger partial charge in [0.15, 0.2) is 0 Å². The van der Waals surface area contributed by atoms with Gasteiger partial charge in [-0.05, 0) is 42.9 Å². The van der Waals surface area contributed by atoms with Crippen LogP contribution in [0.25, 0.3) is 0 Å². The van der Waals surface area contributed by atoms with Gasteiger partial charge in [0, 0.05) is 5.41 Å². The van der Waals surface area contributed by atoms with Crippen LogP contribution in [0.2, 0.25) is 0 Å². The molecule has 5 heteroatoms. The Labute approximate surface area is 135 Å². The number of benzene rings is 1. The van der Waals surface area contributed by atoms with Crippen molar-refractivity contribution in [2.45, 2.75) is 44.2 Å². The third kappa shape index (κ3) is 2.41. The Morgan fingerprint density at radius 1 is 1.36 bits per heavy atom. The van der Waals surface area contributed by atoms with Crippen LogP contribution in [-0.2, 0) is 10.2 Å².